The van der Waals surface area contributed by atoms with Crippen LogP contribution in [0.25, 0.3) is 0 Å². The van der Waals surface area contributed by atoms with Crippen molar-refractivity contribution in [2.24, 2.45) is 0 Å². The van der Waals surface area contributed by atoms with Crippen molar-refractivity contribution in [3.05, 3.63) is 48.3 Å². The molecule has 1 amide bonds. The van der Waals surface area contributed by atoms with Crippen LogP contribution in [0.4, 0.5) is 5.69 Å². The Kier molecular flexibility index (Phi) is 5.97. The number of hydrogen-bond acceptors (Lipinski definition) is 3. The summed E-state index contributed by atoms with van der Waals surface area (Å²) in [6, 6.07) is 10.2. The zero-order valence-corrected chi connectivity index (χ0v) is 12.3. The van der Waals surface area contributed by atoms with Crippen molar-refractivity contribution in [2.75, 3.05) is 19.0 Å². The molecule has 112 valence electrons. The fourth-order valence-corrected chi connectivity index (χ4v) is 2.06. The van der Waals surface area contributed by atoms with Crippen LogP contribution >= 0.6 is 0 Å². The molecule has 21 heavy (non-hydrogen) atoms. The smallest absolute Gasteiger partial charge is 0.224 e. The average Bonchev–Trinajstić information content (AvgIpc) is 2.93. The highest BCUT2D eigenvalue weighted by Gasteiger charge is 2.04. The molecule has 5 heteroatoms. The minimum absolute atomic E-state index is 0.0252. The maximum atomic E-state index is 11.9. The molecule has 0 atom stereocenters. The van der Waals surface area contributed by atoms with E-state index in [2.05, 4.69) is 22.5 Å². The van der Waals surface area contributed by atoms with E-state index >= 15 is 0 Å². The van der Waals surface area contributed by atoms with Crippen molar-refractivity contribution in [1.82, 2.24) is 9.78 Å². The molecular weight excluding hydrogens is 266 g/mol. The summed E-state index contributed by atoms with van der Waals surface area (Å²) in [5.74, 6) is 0.0252. The van der Waals surface area contributed by atoms with Crippen LogP contribution in [0.1, 0.15) is 18.4 Å². The molecule has 1 N–H and O–H groups in total. The third-order valence-electron chi connectivity index (χ3n) is 3.15. The van der Waals surface area contributed by atoms with Crippen molar-refractivity contribution >= 4 is 11.6 Å². The fourth-order valence-electron chi connectivity index (χ4n) is 2.06. The molecule has 0 unspecified atom stereocenters. The molecule has 1 aromatic carbocycles. The Labute approximate surface area is 124 Å². The van der Waals surface area contributed by atoms with Crippen molar-refractivity contribution in [2.45, 2.75) is 25.8 Å². The van der Waals surface area contributed by atoms with Gasteiger partial charge in [0.15, 0.2) is 0 Å². The lowest BCUT2D eigenvalue weighted by Gasteiger charge is -2.03. The topological polar surface area (TPSA) is 56.1 Å². The molecular formula is C16H21N3O2. The summed E-state index contributed by atoms with van der Waals surface area (Å²) in [5, 5.41) is 7.02. The van der Waals surface area contributed by atoms with Crippen LogP contribution in [-0.2, 0) is 22.5 Å². The predicted octanol–water partition coefficient (Wildman–Crippen LogP) is 2.49. The highest BCUT2D eigenvalue weighted by Crippen LogP contribution is 2.08. The maximum absolute atomic E-state index is 11.9. The molecule has 0 saturated carbocycles. The summed E-state index contributed by atoms with van der Waals surface area (Å²) in [6.45, 7) is 1.28. The van der Waals surface area contributed by atoms with Gasteiger partial charge in [-0.2, -0.15) is 5.10 Å². The first-order chi connectivity index (χ1) is 10.3. The largest absolute Gasteiger partial charge is 0.383 e. The number of aromatic nitrogens is 2. The molecule has 0 saturated heterocycles. The van der Waals surface area contributed by atoms with Crippen molar-refractivity contribution in [3.63, 3.8) is 0 Å². The van der Waals surface area contributed by atoms with Crippen molar-refractivity contribution in [3.8, 4) is 0 Å². The number of amides is 1. The number of carbonyl (C=O) groups excluding carboxylic acids is 1. The van der Waals surface area contributed by atoms with Gasteiger partial charge in [-0.3, -0.25) is 9.48 Å². The number of methoxy groups -OCH3 is 1. The first kappa shape index (κ1) is 15.3. The van der Waals surface area contributed by atoms with Gasteiger partial charge < -0.3 is 10.1 Å². The molecule has 0 spiro atoms. The number of hydrogen-bond donors (Lipinski definition) is 1. The van der Waals surface area contributed by atoms with Gasteiger partial charge in [-0.25, -0.2) is 0 Å². The second-order valence-electron chi connectivity index (χ2n) is 4.87. The van der Waals surface area contributed by atoms with Crippen LogP contribution < -0.4 is 5.32 Å². The summed E-state index contributed by atoms with van der Waals surface area (Å²) >= 11 is 0. The monoisotopic (exact) mass is 287 g/mol. The van der Waals surface area contributed by atoms with E-state index in [1.54, 1.807) is 18.0 Å². The number of anilines is 1. The van der Waals surface area contributed by atoms with E-state index in [1.165, 1.54) is 5.56 Å². The second-order valence-corrected chi connectivity index (χ2v) is 4.87. The molecule has 0 aliphatic carbocycles. The van der Waals surface area contributed by atoms with Crippen molar-refractivity contribution < 1.29 is 9.53 Å². The van der Waals surface area contributed by atoms with Gasteiger partial charge in [-0.15, -0.1) is 0 Å². The lowest BCUT2D eigenvalue weighted by molar-refractivity contribution is -0.116. The SMILES string of the molecule is COCCn1cc(NC(=O)CCCc2ccccc2)cn1. The Hall–Kier alpha value is -2.14. The van der Waals surface area contributed by atoms with E-state index in [0.717, 1.165) is 18.5 Å². The number of rotatable bonds is 8. The average molecular weight is 287 g/mol. The Balaban J connectivity index is 1.70. The Bertz CT molecular complexity index is 552. The lowest BCUT2D eigenvalue weighted by Crippen LogP contribution is -2.11. The molecule has 0 aliphatic rings. The van der Waals surface area contributed by atoms with Gasteiger partial charge in [0, 0.05) is 19.7 Å². The highest BCUT2D eigenvalue weighted by atomic mass is 16.5. The summed E-state index contributed by atoms with van der Waals surface area (Å²) in [4.78, 5) is 11.9. The van der Waals surface area contributed by atoms with Gasteiger partial charge in [-0.1, -0.05) is 30.3 Å². The number of carbonyl (C=O) groups is 1. The quantitative estimate of drug-likeness (QED) is 0.811. The maximum Gasteiger partial charge on any atom is 0.224 e. The van der Waals surface area contributed by atoms with E-state index in [0.29, 0.717) is 19.6 Å². The summed E-state index contributed by atoms with van der Waals surface area (Å²) < 4.78 is 6.74. The van der Waals surface area contributed by atoms with Crippen LogP contribution in [0.5, 0.6) is 0 Å². The van der Waals surface area contributed by atoms with E-state index in [-0.39, 0.29) is 5.91 Å². The predicted molar refractivity (Wildman–Crippen MR) is 82.1 cm³/mol. The Morgan fingerprint density at radius 2 is 2.14 bits per heavy atom. The highest BCUT2D eigenvalue weighted by molar-refractivity contribution is 5.90. The minimum atomic E-state index is 0.0252. The molecule has 0 bridgehead atoms. The van der Waals surface area contributed by atoms with Gasteiger partial charge in [0.05, 0.1) is 25.0 Å². The normalized spacial score (nSPS) is 10.5. The van der Waals surface area contributed by atoms with Gasteiger partial charge in [0.25, 0.3) is 0 Å². The fraction of sp³-hybridized carbons (Fsp3) is 0.375. The van der Waals surface area contributed by atoms with Gasteiger partial charge in [0.1, 0.15) is 0 Å². The molecule has 0 aliphatic heterocycles. The van der Waals surface area contributed by atoms with Gasteiger partial charge in [0.2, 0.25) is 5.91 Å². The minimum Gasteiger partial charge on any atom is -0.383 e. The van der Waals surface area contributed by atoms with Crippen LogP contribution in [0.3, 0.4) is 0 Å². The van der Waals surface area contributed by atoms with E-state index in [4.69, 9.17) is 4.74 Å². The van der Waals surface area contributed by atoms with Crippen LogP contribution in [0, 0.1) is 0 Å². The molecule has 5 nitrogen and oxygen atoms in total. The number of nitrogens with zero attached hydrogens (tertiary/aromatic N) is 2. The van der Waals surface area contributed by atoms with Crippen LogP contribution in [-0.4, -0.2) is 29.4 Å². The summed E-state index contributed by atoms with van der Waals surface area (Å²) in [5.41, 5.74) is 1.99. The molecule has 1 aromatic heterocycles. The lowest BCUT2D eigenvalue weighted by atomic mass is 10.1. The first-order valence-electron chi connectivity index (χ1n) is 7.13. The standard InChI is InChI=1S/C16H21N3O2/c1-21-11-10-19-13-15(12-17-19)18-16(20)9-5-8-14-6-3-2-4-7-14/h2-4,6-7,12-13H,5,8-11H2,1H3,(H,18,20). The zero-order valence-electron chi connectivity index (χ0n) is 12.3. The number of aryl methyl sites for hydroxylation is 1. The van der Waals surface area contributed by atoms with Crippen LogP contribution in [0.2, 0.25) is 0 Å². The second kappa shape index (κ2) is 8.21. The zero-order chi connectivity index (χ0) is 14.9. The van der Waals surface area contributed by atoms with Gasteiger partial charge in [-0.05, 0) is 18.4 Å². The third kappa shape index (κ3) is 5.39. The van der Waals surface area contributed by atoms with Gasteiger partial charge >= 0.3 is 0 Å². The molecule has 1 heterocycles. The molecule has 0 fully saturated rings. The molecule has 2 aromatic rings. The number of benzene rings is 1. The first-order valence-corrected chi connectivity index (χ1v) is 7.13. The van der Waals surface area contributed by atoms with E-state index in [9.17, 15) is 4.79 Å². The molecule has 2 rings (SSSR count). The molecule has 0 radical (unpaired) electrons. The number of ether oxygens (including phenoxy) is 1. The Morgan fingerprint density at radius 1 is 1.33 bits per heavy atom. The summed E-state index contributed by atoms with van der Waals surface area (Å²) in [7, 11) is 1.65. The Morgan fingerprint density at radius 3 is 2.90 bits per heavy atom. The van der Waals surface area contributed by atoms with Crippen molar-refractivity contribution in [1.29, 1.82) is 0 Å². The number of nitrogens with one attached hydrogen (secondary N) is 1. The summed E-state index contributed by atoms with van der Waals surface area (Å²) in [6.07, 6.45) is 5.74. The third-order valence-corrected chi connectivity index (χ3v) is 3.15. The van der Waals surface area contributed by atoms with Crippen LogP contribution in [0.15, 0.2) is 42.7 Å². The van der Waals surface area contributed by atoms with E-state index in [1.807, 2.05) is 24.4 Å². The van der Waals surface area contributed by atoms with E-state index < -0.39 is 0 Å².